The minimum Gasteiger partial charge on any atom is -0.347 e. The molecule has 7 heteroatoms. The molecular formula is C22H19FN4O2. The van der Waals surface area contributed by atoms with E-state index in [1.165, 1.54) is 18.3 Å². The summed E-state index contributed by atoms with van der Waals surface area (Å²) in [5.41, 5.74) is 2.42. The van der Waals surface area contributed by atoms with E-state index in [0.717, 1.165) is 5.56 Å². The monoisotopic (exact) mass is 390 g/mol. The Kier molecular flexibility index (Phi) is 5.03. The van der Waals surface area contributed by atoms with Gasteiger partial charge in [-0.05, 0) is 31.2 Å². The summed E-state index contributed by atoms with van der Waals surface area (Å²) in [6.07, 6.45) is 1.69. The van der Waals surface area contributed by atoms with Crippen LogP contribution in [-0.4, -0.2) is 34.4 Å². The van der Waals surface area contributed by atoms with Crippen molar-refractivity contribution in [2.75, 3.05) is 11.4 Å². The Morgan fingerprint density at radius 1 is 1.14 bits per heavy atom. The van der Waals surface area contributed by atoms with Crippen LogP contribution in [0.2, 0.25) is 0 Å². The van der Waals surface area contributed by atoms with E-state index < -0.39 is 0 Å². The van der Waals surface area contributed by atoms with Crippen molar-refractivity contribution in [3.8, 4) is 11.4 Å². The van der Waals surface area contributed by atoms with Crippen LogP contribution in [0.15, 0.2) is 60.8 Å². The fourth-order valence-electron chi connectivity index (χ4n) is 3.35. The first kappa shape index (κ1) is 18.7. The Hall–Kier alpha value is -3.61. The van der Waals surface area contributed by atoms with Gasteiger partial charge in [0.1, 0.15) is 5.82 Å². The number of nitrogens with one attached hydrogen (secondary N) is 1. The van der Waals surface area contributed by atoms with Crippen molar-refractivity contribution >= 4 is 17.5 Å². The largest absolute Gasteiger partial charge is 0.347 e. The minimum absolute atomic E-state index is 0.116. The molecule has 4 rings (SSSR count). The lowest BCUT2D eigenvalue weighted by atomic mass is 10.1. The quantitative estimate of drug-likeness (QED) is 0.743. The van der Waals surface area contributed by atoms with Crippen LogP contribution in [0.25, 0.3) is 11.4 Å². The molecule has 1 saturated heterocycles. The summed E-state index contributed by atoms with van der Waals surface area (Å²) in [7, 11) is 0. The molecule has 29 heavy (non-hydrogen) atoms. The molecule has 3 aromatic rings. The molecule has 0 unspecified atom stereocenters. The van der Waals surface area contributed by atoms with Gasteiger partial charge in [-0.1, -0.05) is 30.3 Å². The highest BCUT2D eigenvalue weighted by Gasteiger charge is 2.32. The van der Waals surface area contributed by atoms with E-state index in [0.29, 0.717) is 29.3 Å². The number of hydrogen-bond donors (Lipinski definition) is 1. The molecule has 0 radical (unpaired) electrons. The van der Waals surface area contributed by atoms with E-state index in [1.807, 2.05) is 30.3 Å². The number of halogens is 1. The second-order valence-electron chi connectivity index (χ2n) is 6.91. The zero-order chi connectivity index (χ0) is 20.4. The van der Waals surface area contributed by atoms with Crippen molar-refractivity contribution < 1.29 is 14.0 Å². The van der Waals surface area contributed by atoms with Gasteiger partial charge in [0.25, 0.3) is 5.91 Å². The predicted octanol–water partition coefficient (Wildman–Crippen LogP) is 3.13. The number of aromatic nitrogens is 2. The molecule has 2 heterocycles. The normalized spacial score (nSPS) is 16.1. The summed E-state index contributed by atoms with van der Waals surface area (Å²) in [5, 5.41) is 2.88. The van der Waals surface area contributed by atoms with Crippen LogP contribution in [0.5, 0.6) is 0 Å². The molecule has 1 aliphatic rings. The van der Waals surface area contributed by atoms with Crippen molar-refractivity contribution in [1.29, 1.82) is 0 Å². The highest BCUT2D eigenvalue weighted by molar-refractivity contribution is 5.99. The Labute approximate surface area is 167 Å². The fourth-order valence-corrected chi connectivity index (χ4v) is 3.35. The number of anilines is 1. The lowest BCUT2D eigenvalue weighted by Gasteiger charge is -2.17. The predicted molar refractivity (Wildman–Crippen MR) is 107 cm³/mol. The molecule has 146 valence electrons. The first-order valence-corrected chi connectivity index (χ1v) is 9.27. The third-order valence-electron chi connectivity index (χ3n) is 4.85. The molecule has 0 aliphatic carbocycles. The van der Waals surface area contributed by atoms with Crippen molar-refractivity contribution in [2.24, 2.45) is 0 Å². The van der Waals surface area contributed by atoms with Crippen LogP contribution in [0.1, 0.15) is 22.5 Å². The average molecular weight is 390 g/mol. The van der Waals surface area contributed by atoms with Gasteiger partial charge in [0.05, 0.1) is 17.3 Å². The summed E-state index contributed by atoms with van der Waals surface area (Å²) in [4.78, 5) is 35.3. The fraction of sp³-hybridized carbons (Fsp3) is 0.182. The maximum atomic E-state index is 13.1. The van der Waals surface area contributed by atoms with Crippen LogP contribution in [0.4, 0.5) is 10.1 Å². The smallest absolute Gasteiger partial charge is 0.254 e. The zero-order valence-corrected chi connectivity index (χ0v) is 15.8. The van der Waals surface area contributed by atoms with Gasteiger partial charge in [-0.2, -0.15) is 0 Å². The van der Waals surface area contributed by atoms with Crippen LogP contribution in [0, 0.1) is 12.7 Å². The molecule has 0 saturated carbocycles. The summed E-state index contributed by atoms with van der Waals surface area (Å²) in [5.74, 6) is -0.243. The van der Waals surface area contributed by atoms with E-state index in [-0.39, 0.29) is 30.1 Å². The third kappa shape index (κ3) is 3.99. The molecular weight excluding hydrogens is 371 g/mol. The molecule has 1 atom stereocenters. The summed E-state index contributed by atoms with van der Waals surface area (Å²) >= 11 is 0. The van der Waals surface area contributed by atoms with Crippen LogP contribution >= 0.6 is 0 Å². The molecule has 6 nitrogen and oxygen atoms in total. The molecule has 2 aromatic carbocycles. The number of hydrogen-bond acceptors (Lipinski definition) is 4. The second-order valence-corrected chi connectivity index (χ2v) is 6.91. The molecule has 1 aliphatic heterocycles. The lowest BCUT2D eigenvalue weighted by molar-refractivity contribution is -0.117. The van der Waals surface area contributed by atoms with Gasteiger partial charge in [0.15, 0.2) is 5.82 Å². The van der Waals surface area contributed by atoms with Crippen LogP contribution < -0.4 is 10.2 Å². The Morgan fingerprint density at radius 2 is 1.86 bits per heavy atom. The Balaban J connectivity index is 1.46. The van der Waals surface area contributed by atoms with Gasteiger partial charge in [-0.3, -0.25) is 9.59 Å². The highest BCUT2D eigenvalue weighted by Crippen LogP contribution is 2.22. The Bertz CT molecular complexity index is 1050. The summed E-state index contributed by atoms with van der Waals surface area (Å²) in [6, 6.07) is 14.9. The van der Waals surface area contributed by atoms with Gasteiger partial charge in [0.2, 0.25) is 5.91 Å². The molecule has 1 aromatic heterocycles. The standard InChI is InChI=1S/C22H19FN4O2/c1-14-19(12-24-21(25-14)15-5-3-2-4-6-15)22(29)26-17-11-20(28)27(13-17)18-9-7-16(23)8-10-18/h2-10,12,17H,11,13H2,1H3,(H,26,29)/t17-/m1/s1. The van der Waals surface area contributed by atoms with E-state index in [1.54, 1.807) is 24.0 Å². The zero-order valence-electron chi connectivity index (χ0n) is 15.8. The van der Waals surface area contributed by atoms with Crippen molar-refractivity contribution in [2.45, 2.75) is 19.4 Å². The molecule has 1 fully saturated rings. The number of amides is 2. The molecule has 1 N–H and O–H groups in total. The first-order chi connectivity index (χ1) is 14.0. The molecule has 0 spiro atoms. The summed E-state index contributed by atoms with van der Waals surface area (Å²) < 4.78 is 13.1. The van der Waals surface area contributed by atoms with Gasteiger partial charge >= 0.3 is 0 Å². The van der Waals surface area contributed by atoms with E-state index in [4.69, 9.17) is 0 Å². The topological polar surface area (TPSA) is 75.2 Å². The van der Waals surface area contributed by atoms with Crippen molar-refractivity contribution in [3.63, 3.8) is 0 Å². The number of aryl methyl sites for hydroxylation is 1. The van der Waals surface area contributed by atoms with Gasteiger partial charge in [0, 0.05) is 30.4 Å². The van der Waals surface area contributed by atoms with E-state index >= 15 is 0 Å². The third-order valence-corrected chi connectivity index (χ3v) is 4.85. The summed E-state index contributed by atoms with van der Waals surface area (Å²) in [6.45, 7) is 2.09. The van der Waals surface area contributed by atoms with Crippen molar-refractivity contribution in [1.82, 2.24) is 15.3 Å². The first-order valence-electron chi connectivity index (χ1n) is 9.27. The molecule has 0 bridgehead atoms. The maximum Gasteiger partial charge on any atom is 0.254 e. The average Bonchev–Trinajstić information content (AvgIpc) is 3.09. The number of carbonyl (C=O) groups excluding carboxylic acids is 2. The maximum absolute atomic E-state index is 13.1. The van der Waals surface area contributed by atoms with Gasteiger partial charge in [-0.15, -0.1) is 0 Å². The van der Waals surface area contributed by atoms with E-state index in [2.05, 4.69) is 15.3 Å². The van der Waals surface area contributed by atoms with Crippen LogP contribution in [-0.2, 0) is 4.79 Å². The minimum atomic E-state index is -0.361. The number of rotatable bonds is 4. The SMILES string of the molecule is Cc1nc(-c2ccccc2)ncc1C(=O)N[C@@H]1CC(=O)N(c2ccc(F)cc2)C1. The molecule has 2 amide bonds. The van der Waals surface area contributed by atoms with Crippen LogP contribution in [0.3, 0.4) is 0 Å². The van der Waals surface area contributed by atoms with Gasteiger partial charge < -0.3 is 10.2 Å². The second kappa shape index (κ2) is 7.79. The Morgan fingerprint density at radius 3 is 2.55 bits per heavy atom. The number of carbonyl (C=O) groups is 2. The van der Waals surface area contributed by atoms with Crippen molar-refractivity contribution in [3.05, 3.63) is 77.9 Å². The van der Waals surface area contributed by atoms with Gasteiger partial charge in [-0.25, -0.2) is 14.4 Å². The lowest BCUT2D eigenvalue weighted by Crippen LogP contribution is -2.37. The number of benzene rings is 2. The highest BCUT2D eigenvalue weighted by atomic mass is 19.1. The van der Waals surface area contributed by atoms with E-state index in [9.17, 15) is 14.0 Å². The number of nitrogens with zero attached hydrogens (tertiary/aromatic N) is 3.